The average Bonchev–Trinajstić information content (AvgIpc) is 2.37. The SMILES string of the molecule is CC1CC(C)CN(CC(Cl)c2cccc([N+](=O)[O-])c2)C1. The van der Waals surface area contributed by atoms with Gasteiger partial charge in [-0.3, -0.25) is 10.1 Å². The molecule has 110 valence electrons. The number of alkyl halides is 1. The van der Waals surface area contributed by atoms with Crippen LogP contribution in [-0.4, -0.2) is 29.5 Å². The van der Waals surface area contributed by atoms with Crippen LogP contribution in [0.5, 0.6) is 0 Å². The second kappa shape index (κ2) is 6.55. The smallest absolute Gasteiger partial charge is 0.269 e. The van der Waals surface area contributed by atoms with Crippen LogP contribution in [0.1, 0.15) is 31.2 Å². The quantitative estimate of drug-likeness (QED) is 0.481. The Hall–Kier alpha value is -1.13. The largest absolute Gasteiger partial charge is 0.301 e. The van der Waals surface area contributed by atoms with Crippen LogP contribution in [0.2, 0.25) is 0 Å². The minimum absolute atomic E-state index is 0.105. The average molecular weight is 297 g/mol. The third-order valence-corrected chi connectivity index (χ3v) is 4.20. The van der Waals surface area contributed by atoms with E-state index in [1.807, 2.05) is 6.07 Å². The van der Waals surface area contributed by atoms with E-state index >= 15 is 0 Å². The topological polar surface area (TPSA) is 46.4 Å². The number of hydrogen-bond acceptors (Lipinski definition) is 3. The van der Waals surface area contributed by atoms with Gasteiger partial charge in [-0.05, 0) is 23.8 Å². The van der Waals surface area contributed by atoms with E-state index in [9.17, 15) is 10.1 Å². The van der Waals surface area contributed by atoms with Crippen LogP contribution >= 0.6 is 11.6 Å². The molecule has 1 saturated heterocycles. The lowest BCUT2D eigenvalue weighted by atomic mass is 9.91. The second-order valence-electron chi connectivity index (χ2n) is 5.98. The standard InChI is InChI=1S/C15H21ClN2O2/c1-11-6-12(2)9-17(8-11)10-15(16)13-4-3-5-14(7-13)18(19)20/h3-5,7,11-12,15H,6,8-10H2,1-2H3. The molecule has 1 heterocycles. The van der Waals surface area contributed by atoms with Crippen LogP contribution in [0.25, 0.3) is 0 Å². The van der Waals surface area contributed by atoms with E-state index in [2.05, 4.69) is 18.7 Å². The molecule has 0 bridgehead atoms. The van der Waals surface area contributed by atoms with Gasteiger partial charge in [0.1, 0.15) is 0 Å². The van der Waals surface area contributed by atoms with Crippen LogP contribution in [0.15, 0.2) is 24.3 Å². The number of benzene rings is 1. The summed E-state index contributed by atoms with van der Waals surface area (Å²) in [4.78, 5) is 12.8. The lowest BCUT2D eigenvalue weighted by Gasteiger charge is -2.36. The molecule has 1 aliphatic rings. The van der Waals surface area contributed by atoms with Crippen LogP contribution in [-0.2, 0) is 0 Å². The van der Waals surface area contributed by atoms with Crippen molar-refractivity contribution in [2.75, 3.05) is 19.6 Å². The molecule has 3 unspecified atom stereocenters. The highest BCUT2D eigenvalue weighted by Crippen LogP contribution is 2.28. The zero-order chi connectivity index (χ0) is 14.7. The van der Waals surface area contributed by atoms with E-state index < -0.39 is 0 Å². The Bertz CT molecular complexity index is 471. The van der Waals surface area contributed by atoms with Gasteiger partial charge in [-0.2, -0.15) is 0 Å². The first-order valence-corrected chi connectivity index (χ1v) is 7.50. The van der Waals surface area contributed by atoms with Gasteiger partial charge in [-0.1, -0.05) is 26.0 Å². The fourth-order valence-corrected chi connectivity index (χ4v) is 3.44. The maximum Gasteiger partial charge on any atom is 0.269 e. The number of nitrogens with zero attached hydrogens (tertiary/aromatic N) is 2. The molecule has 0 aromatic heterocycles. The molecule has 1 fully saturated rings. The molecule has 0 saturated carbocycles. The van der Waals surface area contributed by atoms with Gasteiger partial charge in [-0.15, -0.1) is 11.6 Å². The van der Waals surface area contributed by atoms with E-state index in [1.165, 1.54) is 12.5 Å². The number of rotatable bonds is 4. The number of nitro benzene ring substituents is 1. The Morgan fingerprint density at radius 1 is 1.40 bits per heavy atom. The van der Waals surface area contributed by atoms with Gasteiger partial charge in [0.15, 0.2) is 0 Å². The van der Waals surface area contributed by atoms with Crippen molar-refractivity contribution in [1.29, 1.82) is 0 Å². The molecule has 0 N–H and O–H groups in total. The monoisotopic (exact) mass is 296 g/mol. The third-order valence-electron chi connectivity index (χ3n) is 3.81. The highest BCUT2D eigenvalue weighted by atomic mass is 35.5. The molecule has 0 aliphatic carbocycles. The maximum absolute atomic E-state index is 10.8. The third kappa shape index (κ3) is 3.93. The summed E-state index contributed by atoms with van der Waals surface area (Å²) in [5.74, 6) is 1.38. The van der Waals surface area contributed by atoms with Gasteiger partial charge in [0.2, 0.25) is 0 Å². The molecule has 1 aromatic rings. The maximum atomic E-state index is 10.8. The van der Waals surface area contributed by atoms with Gasteiger partial charge in [0.05, 0.1) is 10.3 Å². The molecular formula is C15H21ClN2O2. The van der Waals surface area contributed by atoms with Crippen LogP contribution in [0, 0.1) is 22.0 Å². The summed E-state index contributed by atoms with van der Waals surface area (Å²) in [5.41, 5.74) is 0.931. The van der Waals surface area contributed by atoms with Crippen molar-refractivity contribution in [2.24, 2.45) is 11.8 Å². The van der Waals surface area contributed by atoms with Gasteiger partial charge in [0, 0.05) is 31.8 Å². The van der Waals surface area contributed by atoms with Crippen LogP contribution in [0.3, 0.4) is 0 Å². The second-order valence-corrected chi connectivity index (χ2v) is 6.51. The molecule has 0 radical (unpaired) electrons. The lowest BCUT2D eigenvalue weighted by Crippen LogP contribution is -2.40. The number of hydrogen-bond donors (Lipinski definition) is 0. The Labute approximate surface area is 124 Å². The predicted octanol–water partition coefficient (Wildman–Crippen LogP) is 3.85. The molecule has 0 spiro atoms. The minimum atomic E-state index is -0.377. The zero-order valence-corrected chi connectivity index (χ0v) is 12.7. The van der Waals surface area contributed by atoms with Gasteiger partial charge < -0.3 is 4.90 Å². The normalized spacial score (nSPS) is 25.4. The highest BCUT2D eigenvalue weighted by Gasteiger charge is 2.24. The summed E-state index contributed by atoms with van der Waals surface area (Å²) in [5, 5.41) is 10.6. The number of nitro groups is 1. The minimum Gasteiger partial charge on any atom is -0.301 e. The Morgan fingerprint density at radius 3 is 2.65 bits per heavy atom. The van der Waals surface area contributed by atoms with Crippen molar-refractivity contribution in [2.45, 2.75) is 25.6 Å². The molecule has 0 amide bonds. The number of halogens is 1. The van der Waals surface area contributed by atoms with Crippen molar-refractivity contribution in [3.05, 3.63) is 39.9 Å². The number of piperidine rings is 1. The fourth-order valence-electron chi connectivity index (χ4n) is 3.11. The van der Waals surface area contributed by atoms with Crippen molar-refractivity contribution >= 4 is 17.3 Å². The van der Waals surface area contributed by atoms with Gasteiger partial charge in [0.25, 0.3) is 5.69 Å². The Kier molecular flexibility index (Phi) is 5.00. The lowest BCUT2D eigenvalue weighted by molar-refractivity contribution is -0.384. The molecular weight excluding hydrogens is 276 g/mol. The first kappa shape index (κ1) is 15.3. The first-order chi connectivity index (χ1) is 9.45. The zero-order valence-electron chi connectivity index (χ0n) is 12.0. The van der Waals surface area contributed by atoms with Crippen molar-refractivity contribution in [1.82, 2.24) is 4.90 Å². The number of likely N-dealkylation sites (tertiary alicyclic amines) is 1. The van der Waals surface area contributed by atoms with Gasteiger partial charge >= 0.3 is 0 Å². The van der Waals surface area contributed by atoms with Crippen LogP contribution in [0.4, 0.5) is 5.69 Å². The Balaban J connectivity index is 2.02. The van der Waals surface area contributed by atoms with E-state index in [-0.39, 0.29) is 16.0 Å². The molecule has 1 aliphatic heterocycles. The van der Waals surface area contributed by atoms with E-state index in [4.69, 9.17) is 11.6 Å². The Morgan fingerprint density at radius 2 is 2.05 bits per heavy atom. The van der Waals surface area contributed by atoms with Gasteiger partial charge in [-0.25, -0.2) is 0 Å². The molecule has 4 nitrogen and oxygen atoms in total. The van der Waals surface area contributed by atoms with Crippen LogP contribution < -0.4 is 0 Å². The summed E-state index contributed by atoms with van der Waals surface area (Å²) >= 11 is 6.45. The highest BCUT2D eigenvalue weighted by molar-refractivity contribution is 6.21. The van der Waals surface area contributed by atoms with E-state index in [1.54, 1.807) is 12.1 Å². The van der Waals surface area contributed by atoms with Crippen molar-refractivity contribution < 1.29 is 4.92 Å². The molecule has 3 atom stereocenters. The van der Waals surface area contributed by atoms with E-state index in [0.717, 1.165) is 25.2 Å². The summed E-state index contributed by atoms with van der Waals surface area (Å²) in [6, 6.07) is 6.64. The summed E-state index contributed by atoms with van der Waals surface area (Å²) in [6.07, 6.45) is 1.26. The number of non-ortho nitro benzene ring substituents is 1. The molecule has 20 heavy (non-hydrogen) atoms. The predicted molar refractivity (Wildman–Crippen MR) is 81.1 cm³/mol. The molecule has 1 aromatic carbocycles. The van der Waals surface area contributed by atoms with Crippen molar-refractivity contribution in [3.63, 3.8) is 0 Å². The molecule has 5 heteroatoms. The van der Waals surface area contributed by atoms with E-state index in [0.29, 0.717) is 11.8 Å². The summed E-state index contributed by atoms with van der Waals surface area (Å²) in [6.45, 7) is 7.39. The summed E-state index contributed by atoms with van der Waals surface area (Å²) in [7, 11) is 0. The van der Waals surface area contributed by atoms with Crippen molar-refractivity contribution in [3.8, 4) is 0 Å². The first-order valence-electron chi connectivity index (χ1n) is 7.06. The summed E-state index contributed by atoms with van der Waals surface area (Å²) < 4.78 is 0. The molecule has 2 rings (SSSR count). The fraction of sp³-hybridized carbons (Fsp3) is 0.600.